The van der Waals surface area contributed by atoms with Gasteiger partial charge in [0.25, 0.3) is 5.91 Å². The summed E-state index contributed by atoms with van der Waals surface area (Å²) in [5.74, 6) is 0.0871. The average molecular weight is 499 g/mol. The van der Waals surface area contributed by atoms with Crippen molar-refractivity contribution in [2.24, 2.45) is 5.14 Å². The van der Waals surface area contributed by atoms with Crippen LogP contribution in [0.2, 0.25) is 0 Å². The molecule has 0 fully saturated rings. The van der Waals surface area contributed by atoms with Crippen LogP contribution >= 0.6 is 0 Å². The van der Waals surface area contributed by atoms with Crippen molar-refractivity contribution in [3.05, 3.63) is 96.3 Å². The molecule has 0 saturated carbocycles. The fourth-order valence-electron chi connectivity index (χ4n) is 4.15. The summed E-state index contributed by atoms with van der Waals surface area (Å²) in [5.41, 5.74) is 8.23. The van der Waals surface area contributed by atoms with E-state index in [9.17, 15) is 13.2 Å². The number of aryl methyl sites for hydroxylation is 1. The lowest BCUT2D eigenvalue weighted by Crippen LogP contribution is -2.22. The quantitative estimate of drug-likeness (QED) is 0.335. The van der Waals surface area contributed by atoms with E-state index >= 15 is 0 Å². The molecule has 2 aromatic heterocycles. The minimum absolute atomic E-state index is 0.0730. The van der Waals surface area contributed by atoms with E-state index in [0.717, 1.165) is 10.8 Å². The molecular weight excluding hydrogens is 476 g/mol. The monoisotopic (exact) mass is 498 g/mol. The number of carbonyl (C=O) groups is 1. The first-order valence-electron chi connectivity index (χ1n) is 11.0. The lowest BCUT2D eigenvalue weighted by Gasteiger charge is -2.14. The highest BCUT2D eigenvalue weighted by Gasteiger charge is 2.25. The second-order valence-electron chi connectivity index (χ2n) is 8.23. The standard InChI is InChI=1S/C26H22N6O3S/c1-16-14-23(32(31-16)19-11-10-18-12-13-29-25(27)22(18)15-19)30-26(33)21-9-5-8-20(24(21)36(28,34)35)17-6-3-2-4-7-17/h2-15H,1H3,(H2,27,29)(H,30,33)(H2,28,34,35). The maximum atomic E-state index is 13.4. The summed E-state index contributed by atoms with van der Waals surface area (Å²) in [5, 5.41) is 14.5. The van der Waals surface area contributed by atoms with Crippen LogP contribution in [0.3, 0.4) is 0 Å². The molecule has 36 heavy (non-hydrogen) atoms. The summed E-state index contributed by atoms with van der Waals surface area (Å²) in [6.45, 7) is 1.79. The third-order valence-electron chi connectivity index (χ3n) is 5.73. The highest BCUT2D eigenvalue weighted by molar-refractivity contribution is 7.89. The summed E-state index contributed by atoms with van der Waals surface area (Å²) in [6.07, 6.45) is 1.63. The van der Waals surface area contributed by atoms with Crippen molar-refractivity contribution in [1.82, 2.24) is 14.8 Å². The number of primary sulfonamides is 1. The largest absolute Gasteiger partial charge is 0.383 e. The van der Waals surface area contributed by atoms with Crippen molar-refractivity contribution >= 4 is 38.3 Å². The molecule has 10 heteroatoms. The highest BCUT2D eigenvalue weighted by Crippen LogP contribution is 2.31. The van der Waals surface area contributed by atoms with Gasteiger partial charge in [-0.1, -0.05) is 48.5 Å². The Morgan fingerprint density at radius 2 is 1.75 bits per heavy atom. The zero-order valence-corrected chi connectivity index (χ0v) is 20.0. The van der Waals surface area contributed by atoms with Gasteiger partial charge in [0.05, 0.1) is 16.9 Å². The fourth-order valence-corrected chi connectivity index (χ4v) is 5.11. The number of benzene rings is 3. The SMILES string of the molecule is Cc1cc(NC(=O)c2cccc(-c3ccccc3)c2S(N)(=O)=O)n(-c2ccc3ccnc(N)c3c2)n1. The van der Waals surface area contributed by atoms with Crippen molar-refractivity contribution < 1.29 is 13.2 Å². The van der Waals surface area contributed by atoms with Crippen LogP contribution in [0, 0.1) is 6.92 Å². The van der Waals surface area contributed by atoms with Crippen LogP contribution in [0.4, 0.5) is 11.6 Å². The summed E-state index contributed by atoms with van der Waals surface area (Å²) < 4.78 is 26.8. The van der Waals surface area contributed by atoms with E-state index in [-0.39, 0.29) is 10.5 Å². The van der Waals surface area contributed by atoms with Crippen LogP contribution < -0.4 is 16.2 Å². The van der Waals surface area contributed by atoms with Crippen LogP contribution in [-0.4, -0.2) is 29.1 Å². The first-order chi connectivity index (χ1) is 17.2. The second-order valence-corrected chi connectivity index (χ2v) is 9.73. The maximum Gasteiger partial charge on any atom is 0.258 e. The number of fused-ring (bicyclic) bond motifs is 1. The predicted molar refractivity (Wildman–Crippen MR) is 139 cm³/mol. The van der Waals surface area contributed by atoms with Gasteiger partial charge in [-0.2, -0.15) is 5.10 Å². The Morgan fingerprint density at radius 1 is 0.972 bits per heavy atom. The Hall–Kier alpha value is -4.54. The van der Waals surface area contributed by atoms with E-state index < -0.39 is 15.9 Å². The van der Waals surface area contributed by atoms with Crippen molar-refractivity contribution in [2.45, 2.75) is 11.8 Å². The number of nitrogens with two attached hydrogens (primary N) is 2. The Labute approximate surface area is 207 Å². The molecule has 5 rings (SSSR count). The molecule has 3 aromatic carbocycles. The Bertz CT molecular complexity index is 1730. The summed E-state index contributed by atoms with van der Waals surface area (Å²) in [7, 11) is -4.24. The van der Waals surface area contributed by atoms with Gasteiger partial charge < -0.3 is 11.1 Å². The van der Waals surface area contributed by atoms with Crippen LogP contribution in [0.15, 0.2) is 90.0 Å². The predicted octanol–water partition coefficient (Wildman–Crippen LogP) is 3.88. The Kier molecular flexibility index (Phi) is 5.75. The van der Waals surface area contributed by atoms with Gasteiger partial charge in [-0.3, -0.25) is 4.79 Å². The molecule has 0 spiro atoms. The maximum absolute atomic E-state index is 13.4. The van der Waals surface area contributed by atoms with Crippen molar-refractivity contribution in [3.63, 3.8) is 0 Å². The summed E-state index contributed by atoms with van der Waals surface area (Å²) in [4.78, 5) is 17.3. The summed E-state index contributed by atoms with van der Waals surface area (Å²) in [6, 6.07) is 22.6. The number of nitrogens with zero attached hydrogens (tertiary/aromatic N) is 3. The first-order valence-corrected chi connectivity index (χ1v) is 12.5. The van der Waals surface area contributed by atoms with Gasteiger partial charge in [0.1, 0.15) is 16.5 Å². The number of rotatable bonds is 5. The fraction of sp³-hybridized carbons (Fsp3) is 0.0385. The molecule has 0 bridgehead atoms. The van der Waals surface area contributed by atoms with E-state index in [2.05, 4.69) is 15.4 Å². The molecule has 0 aliphatic carbocycles. The zero-order valence-electron chi connectivity index (χ0n) is 19.2. The third-order valence-corrected chi connectivity index (χ3v) is 6.74. The van der Waals surface area contributed by atoms with Crippen LogP contribution in [-0.2, 0) is 10.0 Å². The van der Waals surface area contributed by atoms with E-state index in [1.54, 1.807) is 60.3 Å². The number of sulfonamides is 1. The number of hydrogen-bond donors (Lipinski definition) is 3. The van der Waals surface area contributed by atoms with E-state index in [1.165, 1.54) is 6.07 Å². The van der Waals surface area contributed by atoms with E-state index in [1.807, 2.05) is 30.3 Å². The molecule has 0 radical (unpaired) electrons. The van der Waals surface area contributed by atoms with Crippen LogP contribution in [0.25, 0.3) is 27.6 Å². The lowest BCUT2D eigenvalue weighted by molar-refractivity contribution is 0.102. The third kappa shape index (κ3) is 4.30. The van der Waals surface area contributed by atoms with Gasteiger partial charge in [-0.25, -0.2) is 23.2 Å². The average Bonchev–Trinajstić information content (AvgIpc) is 3.23. The van der Waals surface area contributed by atoms with Gasteiger partial charge in [0.15, 0.2) is 0 Å². The molecule has 2 heterocycles. The van der Waals surface area contributed by atoms with E-state index in [0.29, 0.717) is 34.1 Å². The molecule has 5 N–H and O–H groups in total. The molecule has 1 amide bonds. The summed E-state index contributed by atoms with van der Waals surface area (Å²) >= 11 is 0. The van der Waals surface area contributed by atoms with Crippen molar-refractivity contribution in [3.8, 4) is 16.8 Å². The number of nitrogens with one attached hydrogen (secondary N) is 1. The molecule has 9 nitrogen and oxygen atoms in total. The van der Waals surface area contributed by atoms with Gasteiger partial charge in [-0.05, 0) is 42.1 Å². The molecule has 0 aliphatic heterocycles. The lowest BCUT2D eigenvalue weighted by atomic mass is 10.0. The topological polar surface area (TPSA) is 146 Å². The second kappa shape index (κ2) is 8.91. The minimum Gasteiger partial charge on any atom is -0.383 e. The normalized spacial score (nSPS) is 11.5. The molecule has 5 aromatic rings. The molecule has 180 valence electrons. The smallest absolute Gasteiger partial charge is 0.258 e. The Morgan fingerprint density at radius 3 is 2.50 bits per heavy atom. The minimum atomic E-state index is -4.24. The van der Waals surface area contributed by atoms with Gasteiger partial charge in [-0.15, -0.1) is 0 Å². The number of amides is 1. The molecule has 0 unspecified atom stereocenters. The molecule has 0 aliphatic rings. The molecular formula is C26H22N6O3S. The van der Waals surface area contributed by atoms with Gasteiger partial charge in [0.2, 0.25) is 10.0 Å². The number of nitrogen functional groups attached to an aromatic ring is 1. The molecule has 0 atom stereocenters. The number of pyridine rings is 1. The van der Waals surface area contributed by atoms with Crippen molar-refractivity contribution in [1.29, 1.82) is 0 Å². The van der Waals surface area contributed by atoms with Gasteiger partial charge >= 0.3 is 0 Å². The highest BCUT2D eigenvalue weighted by atomic mass is 32.2. The van der Waals surface area contributed by atoms with Crippen LogP contribution in [0.5, 0.6) is 0 Å². The number of anilines is 2. The zero-order chi connectivity index (χ0) is 25.4. The first kappa shape index (κ1) is 23.2. The van der Waals surface area contributed by atoms with E-state index in [4.69, 9.17) is 10.9 Å². The van der Waals surface area contributed by atoms with Gasteiger partial charge in [0, 0.05) is 23.2 Å². The Balaban J connectivity index is 1.58. The molecule has 0 saturated heterocycles. The van der Waals surface area contributed by atoms with Crippen molar-refractivity contribution in [2.75, 3.05) is 11.1 Å². The van der Waals surface area contributed by atoms with Crippen LogP contribution in [0.1, 0.15) is 16.1 Å². The number of carbonyl (C=O) groups excluding carboxylic acids is 1. The number of aromatic nitrogens is 3. The number of hydrogen-bond acceptors (Lipinski definition) is 6.